The van der Waals surface area contributed by atoms with Gasteiger partial charge >= 0.3 is 17.9 Å². The molecule has 2 aliphatic rings. The highest BCUT2D eigenvalue weighted by Crippen LogP contribution is 2.42. The quantitative estimate of drug-likeness (QED) is 0.0273. The number of carbonyl (C=O) groups excluding carboxylic acids is 4. The first-order chi connectivity index (χ1) is 37.6. The SMILES string of the molecule is COc1nc(SCCC(=O)NCCN(C)CCNC(=O)[C@H](N)CCCNC(=O)CN2CCN(CC(=O)O)CCN(CC(=O)O)CCN(CC(=O)O)CC2)nc(OC)c1NC(=O)c1ccc(Oc2cc3c(cc2C)CCC3(C)C)o1. The van der Waals surface area contributed by atoms with Gasteiger partial charge in [0.2, 0.25) is 29.5 Å². The average Bonchev–Trinajstić information content (AvgIpc) is 4.20. The van der Waals surface area contributed by atoms with Crippen LogP contribution in [0.4, 0.5) is 5.69 Å². The molecule has 5 rings (SSSR count). The Morgan fingerprint density at radius 3 is 1.85 bits per heavy atom. The minimum absolute atomic E-state index is 0.0164. The van der Waals surface area contributed by atoms with Crippen molar-refractivity contribution in [3.8, 4) is 23.5 Å². The number of aliphatic carboxylic acids is 3. The summed E-state index contributed by atoms with van der Waals surface area (Å²) in [6.07, 6.45) is 2.97. The fraction of sp³-hybridized carbons (Fsp3) is 0.596. The number of nitrogens with two attached hydrogens (primary N) is 1. The zero-order valence-corrected chi connectivity index (χ0v) is 46.9. The first-order valence-corrected chi connectivity index (χ1v) is 27.3. The largest absolute Gasteiger partial charge is 0.480 e. The Labute approximate surface area is 464 Å². The molecule has 9 N–H and O–H groups in total. The molecule has 3 heterocycles. The minimum Gasteiger partial charge on any atom is -0.480 e. The lowest BCUT2D eigenvalue weighted by Gasteiger charge is -2.32. The van der Waals surface area contributed by atoms with Crippen LogP contribution < -0.4 is 41.2 Å². The van der Waals surface area contributed by atoms with Gasteiger partial charge in [-0.15, -0.1) is 0 Å². The molecule has 0 radical (unpaired) electrons. The van der Waals surface area contributed by atoms with Crippen LogP contribution in [0.3, 0.4) is 0 Å². The average molecular weight is 1130 g/mol. The first kappa shape index (κ1) is 63.2. The predicted octanol–water partition coefficient (Wildman–Crippen LogP) is 1.01. The summed E-state index contributed by atoms with van der Waals surface area (Å²) in [7, 11) is 4.65. The van der Waals surface area contributed by atoms with Crippen molar-refractivity contribution in [2.75, 3.05) is 144 Å². The maximum absolute atomic E-state index is 13.3. The van der Waals surface area contributed by atoms with Gasteiger partial charge in [0.25, 0.3) is 11.9 Å². The summed E-state index contributed by atoms with van der Waals surface area (Å²) >= 11 is 1.21. The van der Waals surface area contributed by atoms with Crippen LogP contribution >= 0.6 is 11.8 Å². The number of likely N-dealkylation sites (N-methyl/N-ethyl adjacent to an activating group) is 1. The van der Waals surface area contributed by atoms with Gasteiger partial charge in [0, 0.05) is 103 Å². The molecule has 0 spiro atoms. The molecule has 0 unspecified atom stereocenters. The molecular formula is C52H78N12O14S. The van der Waals surface area contributed by atoms with Gasteiger partial charge in [-0.05, 0) is 73.9 Å². The van der Waals surface area contributed by atoms with E-state index < -0.39 is 29.9 Å². The van der Waals surface area contributed by atoms with Gasteiger partial charge in [-0.1, -0.05) is 31.7 Å². The number of aromatic nitrogens is 2. The molecular weight excluding hydrogens is 1050 g/mol. The Morgan fingerprint density at radius 2 is 1.30 bits per heavy atom. The maximum Gasteiger partial charge on any atom is 0.317 e. The van der Waals surface area contributed by atoms with Crippen molar-refractivity contribution in [3.05, 3.63) is 46.7 Å². The van der Waals surface area contributed by atoms with E-state index in [1.165, 1.54) is 43.2 Å². The van der Waals surface area contributed by atoms with Gasteiger partial charge in [0.05, 0.1) is 46.4 Å². The number of fused-ring (bicyclic) bond motifs is 1. The summed E-state index contributed by atoms with van der Waals surface area (Å²) < 4.78 is 22.8. The number of nitrogens with zero attached hydrogens (tertiary/aromatic N) is 7. The number of amides is 4. The number of hydrogen-bond donors (Lipinski definition) is 8. The summed E-state index contributed by atoms with van der Waals surface area (Å²) in [6, 6.07) is 6.46. The number of nitrogens with one attached hydrogen (secondary N) is 4. The molecule has 1 atom stereocenters. The number of methoxy groups -OCH3 is 2. The highest BCUT2D eigenvalue weighted by atomic mass is 32.2. The Balaban J connectivity index is 0.958. The van der Waals surface area contributed by atoms with Crippen molar-refractivity contribution < 1.29 is 67.5 Å². The number of ether oxygens (including phenoxy) is 3. The molecule has 2 aromatic heterocycles. The van der Waals surface area contributed by atoms with E-state index >= 15 is 0 Å². The summed E-state index contributed by atoms with van der Waals surface area (Å²) in [6.45, 7) is 9.77. The lowest BCUT2D eigenvalue weighted by Crippen LogP contribution is -2.49. The number of carboxylic acids is 3. The number of thioether (sulfide) groups is 1. The van der Waals surface area contributed by atoms with Crippen LogP contribution in [0, 0.1) is 6.92 Å². The number of benzene rings is 1. The summed E-state index contributed by atoms with van der Waals surface area (Å²) in [5, 5.41) is 39.9. The minimum atomic E-state index is -1.04. The molecule has 1 saturated heterocycles. The lowest BCUT2D eigenvalue weighted by molar-refractivity contribution is -0.140. The van der Waals surface area contributed by atoms with Gasteiger partial charge < -0.3 is 65.8 Å². The van der Waals surface area contributed by atoms with Gasteiger partial charge in [-0.25, -0.2) is 0 Å². The fourth-order valence-electron chi connectivity index (χ4n) is 8.97. The number of hydrogen-bond acceptors (Lipinski definition) is 20. The maximum atomic E-state index is 13.3. The second kappa shape index (κ2) is 31.2. The lowest BCUT2D eigenvalue weighted by atomic mass is 9.86. The number of carbonyl (C=O) groups is 7. The first-order valence-electron chi connectivity index (χ1n) is 26.3. The molecule has 3 aromatic rings. The normalized spacial score (nSPS) is 15.9. The number of rotatable bonds is 29. The molecule has 26 nitrogen and oxygen atoms in total. The van der Waals surface area contributed by atoms with Crippen LogP contribution in [0.2, 0.25) is 0 Å². The Bertz CT molecular complexity index is 2510. The zero-order chi connectivity index (χ0) is 57.6. The van der Waals surface area contributed by atoms with E-state index in [0.29, 0.717) is 63.6 Å². The van der Waals surface area contributed by atoms with Crippen molar-refractivity contribution in [3.63, 3.8) is 0 Å². The number of carboxylic acid groups (broad SMARTS) is 3. The molecule has 1 aliphatic heterocycles. The molecule has 1 aliphatic carbocycles. The predicted molar refractivity (Wildman–Crippen MR) is 292 cm³/mol. The van der Waals surface area contributed by atoms with Crippen LogP contribution in [-0.2, 0) is 40.6 Å². The van der Waals surface area contributed by atoms with Gasteiger partial charge in [0.15, 0.2) is 16.6 Å². The molecule has 1 fully saturated rings. The van der Waals surface area contributed by atoms with E-state index in [1.807, 2.05) is 29.8 Å². The number of anilines is 1. The molecule has 27 heteroatoms. The summed E-state index contributed by atoms with van der Waals surface area (Å²) in [5.74, 6) is -3.33. The van der Waals surface area contributed by atoms with Crippen LogP contribution in [0.1, 0.15) is 66.8 Å². The van der Waals surface area contributed by atoms with E-state index in [9.17, 15) is 48.9 Å². The number of aryl methyl sites for hydroxylation is 2. The molecule has 0 saturated carbocycles. The van der Waals surface area contributed by atoms with Crippen molar-refractivity contribution >= 4 is 59.0 Å². The fourth-order valence-corrected chi connectivity index (χ4v) is 9.74. The van der Waals surface area contributed by atoms with Crippen molar-refractivity contribution in [2.45, 2.75) is 69.5 Å². The van der Waals surface area contributed by atoms with Gasteiger partial charge in [-0.3, -0.25) is 53.2 Å². The van der Waals surface area contributed by atoms with Crippen LogP contribution in [-0.4, -0.2) is 236 Å². The van der Waals surface area contributed by atoms with Gasteiger partial charge in [-0.2, -0.15) is 9.97 Å². The summed E-state index contributed by atoms with van der Waals surface area (Å²) in [4.78, 5) is 104. The van der Waals surface area contributed by atoms with E-state index in [1.54, 1.807) is 20.8 Å². The smallest absolute Gasteiger partial charge is 0.317 e. The van der Waals surface area contributed by atoms with E-state index in [-0.39, 0.29) is 136 Å². The van der Waals surface area contributed by atoms with Crippen LogP contribution in [0.5, 0.6) is 23.5 Å². The summed E-state index contributed by atoms with van der Waals surface area (Å²) in [5.41, 5.74) is 9.81. The van der Waals surface area contributed by atoms with Crippen LogP contribution in [0.15, 0.2) is 33.8 Å². The zero-order valence-electron chi connectivity index (χ0n) is 46.1. The van der Waals surface area contributed by atoms with Gasteiger partial charge in [0.1, 0.15) is 5.75 Å². The van der Waals surface area contributed by atoms with Crippen LogP contribution in [0.25, 0.3) is 0 Å². The number of furan rings is 1. The Hall–Kier alpha value is -6.62. The Morgan fingerprint density at radius 1 is 0.772 bits per heavy atom. The standard InChI is InChI=1S/C52H78N12O14S/c1-34-28-35-11-13-52(2,3)36(35)29-39(34)78-45-10-9-38(77-45)48(74)57-46-49(75-5)58-51(59-50(46)76-6)79-27-12-40(65)55-15-17-60(4)18-16-56-47(73)37(53)8-7-14-54-41(66)30-61-19-21-62(31-42(67)68)23-25-64(33-44(71)72)26-24-63(22-20-61)32-43(69)70/h9-10,28-29,37H,7-8,11-27,30-33,53H2,1-6H3,(H,54,66)(H,55,65)(H,56,73)(H,57,74)(H,67,68)(H,69,70)(H,71,72)/t37-/m1/s1. The van der Waals surface area contributed by atoms with Crippen molar-refractivity contribution in [2.24, 2.45) is 5.73 Å². The second-order valence-corrected chi connectivity index (χ2v) is 21.2. The Kier molecular flexibility index (Phi) is 25.0. The van der Waals surface area contributed by atoms with Crippen molar-refractivity contribution in [1.29, 1.82) is 0 Å². The molecule has 1 aromatic carbocycles. The van der Waals surface area contributed by atoms with E-state index in [4.69, 9.17) is 24.4 Å². The molecule has 436 valence electrons. The topological polar surface area (TPSA) is 337 Å². The molecule has 0 bridgehead atoms. The third-order valence-corrected chi connectivity index (χ3v) is 14.4. The third kappa shape index (κ3) is 21.2. The highest BCUT2D eigenvalue weighted by Gasteiger charge is 2.31. The van der Waals surface area contributed by atoms with Crippen molar-refractivity contribution in [1.82, 2.24) is 50.4 Å². The molecule has 79 heavy (non-hydrogen) atoms. The molecule has 4 amide bonds. The third-order valence-electron chi connectivity index (χ3n) is 13.5. The second-order valence-electron chi connectivity index (χ2n) is 20.2. The highest BCUT2D eigenvalue weighted by molar-refractivity contribution is 7.99. The monoisotopic (exact) mass is 1130 g/mol. The van der Waals surface area contributed by atoms with E-state index in [0.717, 1.165) is 18.4 Å². The van der Waals surface area contributed by atoms with E-state index in [2.05, 4.69) is 51.1 Å².